The second-order valence-corrected chi connectivity index (χ2v) is 8.53. The van der Waals surface area contributed by atoms with Crippen LogP contribution in [0.1, 0.15) is 56.7 Å². The molecule has 6 nitrogen and oxygen atoms in total. The number of rotatable bonds is 6. The average molecular weight is 382 g/mol. The van der Waals surface area contributed by atoms with Crippen LogP contribution < -0.4 is 10.2 Å². The predicted molar refractivity (Wildman–Crippen MR) is 111 cm³/mol. The van der Waals surface area contributed by atoms with Crippen molar-refractivity contribution in [2.45, 2.75) is 70.1 Å². The Morgan fingerprint density at radius 2 is 1.96 bits per heavy atom. The van der Waals surface area contributed by atoms with Crippen LogP contribution in [0.5, 0.6) is 0 Å². The summed E-state index contributed by atoms with van der Waals surface area (Å²) in [6, 6.07) is 5.80. The Hall–Kier alpha value is -2.05. The summed E-state index contributed by atoms with van der Waals surface area (Å²) < 4.78 is 0. The fraction of sp³-hybridized carbons (Fsp3) is 0.591. The Bertz CT molecular complexity index is 804. The maximum atomic E-state index is 10.7. The van der Waals surface area contributed by atoms with E-state index in [1.54, 1.807) is 6.20 Å². The zero-order valence-corrected chi connectivity index (χ0v) is 17.0. The van der Waals surface area contributed by atoms with Crippen LogP contribution in [-0.4, -0.2) is 45.4 Å². The van der Waals surface area contributed by atoms with E-state index in [0.29, 0.717) is 12.4 Å². The first kappa shape index (κ1) is 19.3. The molecule has 0 amide bonds. The Labute approximate surface area is 167 Å². The lowest BCUT2D eigenvalue weighted by molar-refractivity contribution is 0.0853. The molecule has 4 rings (SSSR count). The molecule has 0 bridgehead atoms. The van der Waals surface area contributed by atoms with Gasteiger partial charge in [0.1, 0.15) is 17.7 Å². The molecule has 0 saturated heterocycles. The molecule has 0 radical (unpaired) electrons. The maximum absolute atomic E-state index is 10.7. The number of aliphatic hydroxyl groups excluding tert-OH is 1. The fourth-order valence-corrected chi connectivity index (χ4v) is 4.61. The van der Waals surface area contributed by atoms with Gasteiger partial charge >= 0.3 is 0 Å². The number of nitrogens with one attached hydrogen (secondary N) is 1. The van der Waals surface area contributed by atoms with Crippen LogP contribution in [0.25, 0.3) is 11.5 Å². The number of aliphatic hydroxyl groups is 1. The highest BCUT2D eigenvalue weighted by molar-refractivity contribution is 5.58. The summed E-state index contributed by atoms with van der Waals surface area (Å²) in [6.07, 6.45) is 10.3. The minimum atomic E-state index is -0.585. The smallest absolute Gasteiger partial charge is 0.180 e. The van der Waals surface area contributed by atoms with Crippen LogP contribution in [0.4, 0.5) is 5.82 Å². The van der Waals surface area contributed by atoms with Crippen LogP contribution in [0, 0.1) is 0 Å². The highest BCUT2D eigenvalue weighted by Crippen LogP contribution is 2.31. The molecule has 2 aromatic rings. The minimum Gasteiger partial charge on any atom is -0.377 e. The first-order valence-electron chi connectivity index (χ1n) is 10.5. The van der Waals surface area contributed by atoms with Crippen LogP contribution >= 0.6 is 0 Å². The predicted octanol–water partition coefficient (Wildman–Crippen LogP) is 3.09. The van der Waals surface area contributed by atoms with Crippen molar-refractivity contribution in [3.05, 3.63) is 35.7 Å². The third-order valence-electron chi connectivity index (χ3n) is 6.09. The van der Waals surface area contributed by atoms with Gasteiger partial charge in [0.25, 0.3) is 0 Å². The van der Waals surface area contributed by atoms with Gasteiger partial charge in [-0.25, -0.2) is 9.97 Å². The largest absolute Gasteiger partial charge is 0.377 e. The van der Waals surface area contributed by atoms with Gasteiger partial charge < -0.3 is 10.0 Å². The van der Waals surface area contributed by atoms with Gasteiger partial charge in [0.05, 0.1) is 6.54 Å². The SMILES string of the molecule is CN(CC(O)NC1(C)CCCCC1)c1nc(-c2ccccn2)nc2c1CCC2. The van der Waals surface area contributed by atoms with E-state index in [1.165, 1.54) is 24.8 Å². The number of pyridine rings is 1. The van der Waals surface area contributed by atoms with Crippen LogP contribution in [0.2, 0.25) is 0 Å². The molecular formula is C22H31N5O. The number of nitrogens with zero attached hydrogens (tertiary/aromatic N) is 4. The summed E-state index contributed by atoms with van der Waals surface area (Å²) in [5, 5.41) is 14.2. The summed E-state index contributed by atoms with van der Waals surface area (Å²) in [5.41, 5.74) is 3.17. The lowest BCUT2D eigenvalue weighted by Gasteiger charge is -2.37. The molecule has 2 aromatic heterocycles. The molecule has 0 aliphatic heterocycles. The molecule has 6 heteroatoms. The summed E-state index contributed by atoms with van der Waals surface area (Å²) in [4.78, 5) is 16.1. The zero-order chi connectivity index (χ0) is 19.6. The molecule has 0 spiro atoms. The van der Waals surface area contributed by atoms with Crippen molar-refractivity contribution < 1.29 is 5.11 Å². The van der Waals surface area contributed by atoms with E-state index >= 15 is 0 Å². The third-order valence-corrected chi connectivity index (χ3v) is 6.09. The standard InChI is InChI=1S/C22H31N5O/c1-22(12-5-3-6-13-22)26-19(28)15-27(2)21-16-9-8-11-17(16)24-20(25-21)18-10-4-7-14-23-18/h4,7,10,14,19,26,28H,3,5-6,8-9,11-13,15H2,1-2H3. The van der Waals surface area contributed by atoms with E-state index in [4.69, 9.17) is 9.97 Å². The van der Waals surface area contributed by atoms with Gasteiger partial charge in [-0.05, 0) is 51.2 Å². The van der Waals surface area contributed by atoms with Crippen LogP contribution in [0.15, 0.2) is 24.4 Å². The molecule has 2 N–H and O–H groups in total. The van der Waals surface area contributed by atoms with Crippen molar-refractivity contribution in [2.75, 3.05) is 18.5 Å². The first-order chi connectivity index (χ1) is 13.5. The second-order valence-electron chi connectivity index (χ2n) is 8.53. The fourth-order valence-electron chi connectivity index (χ4n) is 4.61. The van der Waals surface area contributed by atoms with E-state index in [2.05, 4.69) is 22.1 Å². The molecule has 0 aromatic carbocycles. The number of hydrogen-bond acceptors (Lipinski definition) is 6. The summed E-state index contributed by atoms with van der Waals surface area (Å²) in [6.45, 7) is 2.73. The van der Waals surface area contributed by atoms with E-state index in [-0.39, 0.29) is 5.54 Å². The van der Waals surface area contributed by atoms with E-state index < -0.39 is 6.23 Å². The molecule has 1 saturated carbocycles. The lowest BCUT2D eigenvalue weighted by atomic mass is 9.83. The Morgan fingerprint density at radius 1 is 1.14 bits per heavy atom. The highest BCUT2D eigenvalue weighted by atomic mass is 16.3. The minimum absolute atomic E-state index is 0.0330. The number of anilines is 1. The average Bonchev–Trinajstić information content (AvgIpc) is 3.16. The Balaban J connectivity index is 1.53. The highest BCUT2D eigenvalue weighted by Gasteiger charge is 2.29. The second kappa shape index (κ2) is 8.13. The Morgan fingerprint density at radius 3 is 2.71 bits per heavy atom. The van der Waals surface area contributed by atoms with Gasteiger partial charge in [-0.3, -0.25) is 10.3 Å². The molecular weight excluding hydrogens is 350 g/mol. The van der Waals surface area contributed by atoms with E-state index in [0.717, 1.165) is 49.3 Å². The molecule has 150 valence electrons. The van der Waals surface area contributed by atoms with Crippen LogP contribution in [0.3, 0.4) is 0 Å². The van der Waals surface area contributed by atoms with Gasteiger partial charge in [-0.2, -0.15) is 0 Å². The number of likely N-dealkylation sites (N-methyl/N-ethyl adjacent to an activating group) is 1. The topological polar surface area (TPSA) is 74.2 Å². The number of hydrogen-bond donors (Lipinski definition) is 2. The molecule has 1 unspecified atom stereocenters. The summed E-state index contributed by atoms with van der Waals surface area (Å²) >= 11 is 0. The van der Waals surface area contributed by atoms with E-state index in [1.807, 2.05) is 25.2 Å². The van der Waals surface area contributed by atoms with Crippen molar-refractivity contribution >= 4 is 5.82 Å². The number of fused-ring (bicyclic) bond motifs is 1. The number of aryl methyl sites for hydroxylation is 1. The molecule has 2 heterocycles. The van der Waals surface area contributed by atoms with Gasteiger partial charge in [-0.15, -0.1) is 0 Å². The van der Waals surface area contributed by atoms with E-state index in [9.17, 15) is 5.11 Å². The van der Waals surface area contributed by atoms with Crippen molar-refractivity contribution in [1.82, 2.24) is 20.3 Å². The third kappa shape index (κ3) is 4.18. The lowest BCUT2D eigenvalue weighted by Crippen LogP contribution is -2.52. The monoisotopic (exact) mass is 381 g/mol. The molecule has 1 atom stereocenters. The maximum Gasteiger partial charge on any atom is 0.180 e. The first-order valence-corrected chi connectivity index (χ1v) is 10.5. The normalized spacial score (nSPS) is 19.2. The van der Waals surface area contributed by atoms with Gasteiger partial charge in [-0.1, -0.05) is 25.3 Å². The van der Waals surface area contributed by atoms with Gasteiger partial charge in [0.2, 0.25) is 0 Å². The summed E-state index contributed by atoms with van der Waals surface area (Å²) in [7, 11) is 2.01. The van der Waals surface area contributed by atoms with Gasteiger partial charge in [0.15, 0.2) is 5.82 Å². The number of aromatic nitrogens is 3. The molecule has 2 aliphatic rings. The van der Waals surface area contributed by atoms with Crippen molar-refractivity contribution in [2.24, 2.45) is 0 Å². The van der Waals surface area contributed by atoms with Crippen LogP contribution in [-0.2, 0) is 12.8 Å². The van der Waals surface area contributed by atoms with Crippen molar-refractivity contribution in [3.63, 3.8) is 0 Å². The Kier molecular flexibility index (Phi) is 5.60. The molecule has 28 heavy (non-hydrogen) atoms. The van der Waals surface area contributed by atoms with Crippen molar-refractivity contribution in [3.8, 4) is 11.5 Å². The van der Waals surface area contributed by atoms with Gasteiger partial charge in [0, 0.05) is 30.0 Å². The van der Waals surface area contributed by atoms with Crippen molar-refractivity contribution in [1.29, 1.82) is 0 Å². The quantitative estimate of drug-likeness (QED) is 0.749. The summed E-state index contributed by atoms with van der Waals surface area (Å²) in [5.74, 6) is 1.60. The zero-order valence-electron chi connectivity index (χ0n) is 17.0. The molecule has 1 fully saturated rings. The molecule has 2 aliphatic carbocycles.